The molecule has 3 N–H and O–H groups in total. The predicted molar refractivity (Wildman–Crippen MR) is 76.7 cm³/mol. The Labute approximate surface area is 122 Å². The van der Waals surface area contributed by atoms with Crippen LogP contribution in [0.3, 0.4) is 0 Å². The Hall–Kier alpha value is -2.11. The second-order valence-electron chi connectivity index (χ2n) is 5.56. The lowest BCUT2D eigenvalue weighted by Crippen LogP contribution is -2.42. The Morgan fingerprint density at radius 2 is 2.00 bits per heavy atom. The van der Waals surface area contributed by atoms with Crippen LogP contribution in [-0.2, 0) is 4.79 Å². The van der Waals surface area contributed by atoms with Crippen molar-refractivity contribution >= 4 is 17.7 Å². The Morgan fingerprint density at radius 3 is 2.57 bits per heavy atom. The lowest BCUT2D eigenvalue weighted by molar-refractivity contribution is -0.148. The lowest BCUT2D eigenvalue weighted by Gasteiger charge is -2.24. The molecule has 1 aliphatic carbocycles. The zero-order chi connectivity index (χ0) is 15.5. The summed E-state index contributed by atoms with van der Waals surface area (Å²) in [5.41, 5.74) is 0.262. The molecule has 0 atom stereocenters. The predicted octanol–water partition coefficient (Wildman–Crippen LogP) is 2.90. The van der Waals surface area contributed by atoms with Crippen LogP contribution in [0.25, 0.3) is 0 Å². The molecule has 0 unspecified atom stereocenters. The van der Waals surface area contributed by atoms with Crippen LogP contribution in [0.4, 0.5) is 14.9 Å². The molecular weight excluding hydrogens is 275 g/mol. The normalized spacial score (nSPS) is 16.5. The number of nitrogens with one attached hydrogen (secondary N) is 2. The van der Waals surface area contributed by atoms with Gasteiger partial charge in [-0.15, -0.1) is 0 Å². The molecule has 21 heavy (non-hydrogen) atoms. The fourth-order valence-electron chi connectivity index (χ4n) is 2.70. The summed E-state index contributed by atoms with van der Waals surface area (Å²) >= 11 is 0. The molecule has 2 amide bonds. The summed E-state index contributed by atoms with van der Waals surface area (Å²) in [7, 11) is 0. The molecule has 0 heterocycles. The third-order valence-corrected chi connectivity index (χ3v) is 4.04. The molecule has 0 radical (unpaired) electrons. The molecule has 6 heteroatoms. The maximum Gasteiger partial charge on any atom is 0.319 e. The van der Waals surface area contributed by atoms with Crippen molar-refractivity contribution in [1.82, 2.24) is 5.32 Å². The van der Waals surface area contributed by atoms with Crippen molar-refractivity contribution in [2.24, 2.45) is 5.41 Å². The first-order valence-electron chi connectivity index (χ1n) is 6.97. The topological polar surface area (TPSA) is 78.4 Å². The van der Waals surface area contributed by atoms with Gasteiger partial charge in [0.05, 0.1) is 5.41 Å². The molecule has 0 spiro atoms. The van der Waals surface area contributed by atoms with Gasteiger partial charge in [0, 0.05) is 12.2 Å². The number of anilines is 1. The minimum absolute atomic E-state index is 0.106. The average Bonchev–Trinajstić information content (AvgIpc) is 2.90. The summed E-state index contributed by atoms with van der Waals surface area (Å²) in [5.74, 6) is -1.23. The molecule has 0 aromatic heterocycles. The van der Waals surface area contributed by atoms with Gasteiger partial charge in [-0.1, -0.05) is 12.8 Å². The van der Waals surface area contributed by atoms with E-state index in [-0.39, 0.29) is 12.4 Å². The second-order valence-corrected chi connectivity index (χ2v) is 5.56. The molecule has 1 fully saturated rings. The summed E-state index contributed by atoms with van der Waals surface area (Å²) in [6.45, 7) is 1.79. The van der Waals surface area contributed by atoms with Crippen molar-refractivity contribution in [1.29, 1.82) is 0 Å². The van der Waals surface area contributed by atoms with Crippen LogP contribution in [0, 0.1) is 18.2 Å². The van der Waals surface area contributed by atoms with Gasteiger partial charge >= 0.3 is 12.0 Å². The molecule has 0 saturated heterocycles. The zero-order valence-corrected chi connectivity index (χ0v) is 11.9. The highest BCUT2D eigenvalue weighted by Gasteiger charge is 2.41. The molecular formula is C15H19FN2O3. The summed E-state index contributed by atoms with van der Waals surface area (Å²) < 4.78 is 13.0. The monoisotopic (exact) mass is 294 g/mol. The van der Waals surface area contributed by atoms with E-state index in [4.69, 9.17) is 0 Å². The first-order chi connectivity index (χ1) is 9.93. The van der Waals surface area contributed by atoms with Crippen LogP contribution >= 0.6 is 0 Å². The number of urea groups is 1. The Balaban J connectivity index is 1.94. The van der Waals surface area contributed by atoms with Crippen molar-refractivity contribution in [2.75, 3.05) is 11.9 Å². The number of aryl methyl sites for hydroxylation is 1. The molecule has 1 saturated carbocycles. The van der Waals surface area contributed by atoms with Gasteiger partial charge < -0.3 is 15.7 Å². The van der Waals surface area contributed by atoms with Crippen LogP contribution in [0.5, 0.6) is 0 Å². The fraction of sp³-hybridized carbons (Fsp3) is 0.467. The quantitative estimate of drug-likeness (QED) is 0.799. The average molecular weight is 294 g/mol. The minimum atomic E-state index is -0.863. The molecule has 1 aromatic carbocycles. The van der Waals surface area contributed by atoms with Crippen molar-refractivity contribution < 1.29 is 19.1 Å². The van der Waals surface area contributed by atoms with Crippen molar-refractivity contribution in [2.45, 2.75) is 32.6 Å². The molecule has 1 aromatic rings. The number of rotatable bonds is 4. The van der Waals surface area contributed by atoms with Gasteiger partial charge in [0.25, 0.3) is 0 Å². The lowest BCUT2D eigenvalue weighted by atomic mass is 9.86. The SMILES string of the molecule is Cc1cc(F)ccc1NC(=O)NCC1(C(=O)O)CCCC1. The van der Waals surface area contributed by atoms with Crippen LogP contribution in [0.15, 0.2) is 18.2 Å². The number of carboxylic acid groups (broad SMARTS) is 1. The van der Waals surface area contributed by atoms with Crippen LogP contribution in [0.1, 0.15) is 31.2 Å². The number of halogens is 1. The highest BCUT2D eigenvalue weighted by molar-refractivity contribution is 5.90. The second kappa shape index (κ2) is 6.11. The number of carboxylic acids is 1. The standard InChI is InChI=1S/C15H19FN2O3/c1-10-8-11(16)4-5-12(10)18-14(21)17-9-15(13(19)20)6-2-3-7-15/h4-5,8H,2-3,6-7,9H2,1H3,(H,19,20)(H2,17,18,21). The number of benzene rings is 1. The van der Waals surface area contributed by atoms with E-state index < -0.39 is 17.4 Å². The number of hydrogen-bond acceptors (Lipinski definition) is 2. The molecule has 1 aliphatic rings. The Bertz CT molecular complexity index is 554. The molecule has 2 rings (SSSR count). The highest BCUT2D eigenvalue weighted by Crippen LogP contribution is 2.37. The van der Waals surface area contributed by atoms with Crippen molar-refractivity contribution in [3.63, 3.8) is 0 Å². The van der Waals surface area contributed by atoms with Gasteiger partial charge in [-0.25, -0.2) is 9.18 Å². The minimum Gasteiger partial charge on any atom is -0.481 e. The van der Waals surface area contributed by atoms with Crippen LogP contribution < -0.4 is 10.6 Å². The Morgan fingerprint density at radius 1 is 1.33 bits per heavy atom. The number of carbonyl (C=O) groups excluding carboxylic acids is 1. The number of carbonyl (C=O) groups is 2. The van der Waals surface area contributed by atoms with E-state index in [1.807, 2.05) is 0 Å². The van der Waals surface area contributed by atoms with Crippen molar-refractivity contribution in [3.8, 4) is 0 Å². The number of aliphatic carboxylic acids is 1. The van der Waals surface area contributed by atoms with E-state index in [9.17, 15) is 19.1 Å². The maximum absolute atomic E-state index is 13.0. The summed E-state index contributed by atoms with van der Waals surface area (Å²) in [6, 6.07) is 3.59. The van der Waals surface area contributed by atoms with Gasteiger partial charge in [-0.05, 0) is 43.5 Å². The largest absolute Gasteiger partial charge is 0.481 e. The number of amides is 2. The van der Waals surface area contributed by atoms with Crippen LogP contribution in [0.2, 0.25) is 0 Å². The van der Waals surface area contributed by atoms with Crippen molar-refractivity contribution in [3.05, 3.63) is 29.6 Å². The van der Waals surface area contributed by atoms with Gasteiger partial charge in [0.1, 0.15) is 5.82 Å². The van der Waals surface area contributed by atoms with E-state index in [1.165, 1.54) is 18.2 Å². The highest BCUT2D eigenvalue weighted by atomic mass is 19.1. The van der Waals surface area contributed by atoms with Gasteiger partial charge in [0.15, 0.2) is 0 Å². The fourth-order valence-corrected chi connectivity index (χ4v) is 2.70. The summed E-state index contributed by atoms with van der Waals surface area (Å²) in [5, 5.41) is 14.5. The Kier molecular flexibility index (Phi) is 4.45. The van der Waals surface area contributed by atoms with E-state index in [0.29, 0.717) is 24.1 Å². The van der Waals surface area contributed by atoms with E-state index in [2.05, 4.69) is 10.6 Å². The number of hydrogen-bond donors (Lipinski definition) is 3. The van der Waals surface area contributed by atoms with Gasteiger partial charge in [-0.2, -0.15) is 0 Å². The summed E-state index contributed by atoms with van der Waals surface area (Å²) in [6.07, 6.45) is 2.90. The molecule has 0 bridgehead atoms. The van der Waals surface area contributed by atoms with Gasteiger partial charge in [0.2, 0.25) is 0 Å². The molecule has 114 valence electrons. The maximum atomic E-state index is 13.0. The van der Waals surface area contributed by atoms with E-state index in [1.54, 1.807) is 6.92 Å². The van der Waals surface area contributed by atoms with Crippen LogP contribution in [-0.4, -0.2) is 23.7 Å². The zero-order valence-electron chi connectivity index (χ0n) is 11.9. The first kappa shape index (κ1) is 15.3. The summed E-state index contributed by atoms with van der Waals surface area (Å²) in [4.78, 5) is 23.2. The third kappa shape index (κ3) is 3.51. The smallest absolute Gasteiger partial charge is 0.319 e. The molecule has 5 nitrogen and oxygen atoms in total. The van der Waals surface area contributed by atoms with E-state index in [0.717, 1.165) is 12.8 Å². The molecule has 0 aliphatic heterocycles. The third-order valence-electron chi connectivity index (χ3n) is 4.04. The van der Waals surface area contributed by atoms with E-state index >= 15 is 0 Å². The van der Waals surface area contributed by atoms with Gasteiger partial charge in [-0.3, -0.25) is 4.79 Å². The first-order valence-corrected chi connectivity index (χ1v) is 6.97.